The van der Waals surface area contributed by atoms with Crippen molar-refractivity contribution in [1.82, 2.24) is 10.1 Å². The number of aromatic nitrogens is 2. The van der Waals surface area contributed by atoms with E-state index in [0.29, 0.717) is 5.92 Å². The highest BCUT2D eigenvalue weighted by Crippen LogP contribution is 2.22. The maximum atomic E-state index is 5.23. The Kier molecular flexibility index (Phi) is 2.31. The number of pyridine rings is 1. The molecule has 0 bridgehead atoms. The molecule has 3 heteroatoms. The Morgan fingerprint density at radius 3 is 2.50 bits per heavy atom. The maximum absolute atomic E-state index is 5.23. The van der Waals surface area contributed by atoms with Gasteiger partial charge in [-0.05, 0) is 18.1 Å². The molecule has 0 aliphatic rings. The highest BCUT2D eigenvalue weighted by Gasteiger charge is 2.08. The maximum Gasteiger partial charge on any atom is 0.167 e. The molecule has 0 aliphatic heterocycles. The molecule has 3 nitrogen and oxygen atoms in total. The normalized spacial score (nSPS) is 10.8. The first-order chi connectivity index (χ1) is 6.77. The van der Waals surface area contributed by atoms with Crippen LogP contribution in [0.4, 0.5) is 0 Å². The Morgan fingerprint density at radius 1 is 1.21 bits per heavy atom. The summed E-state index contributed by atoms with van der Waals surface area (Å²) in [6.07, 6.45) is 3.49. The molecule has 2 heterocycles. The molecule has 0 fully saturated rings. The predicted octanol–water partition coefficient (Wildman–Crippen LogP) is 2.86. The van der Waals surface area contributed by atoms with Gasteiger partial charge in [0, 0.05) is 24.0 Å². The number of rotatable bonds is 2. The minimum absolute atomic E-state index is 0.398. The molecule has 0 unspecified atom stereocenters. The van der Waals surface area contributed by atoms with Crippen molar-refractivity contribution in [2.45, 2.75) is 19.8 Å². The van der Waals surface area contributed by atoms with E-state index in [1.807, 2.05) is 18.2 Å². The van der Waals surface area contributed by atoms with Crippen molar-refractivity contribution in [3.8, 4) is 11.3 Å². The molecule has 0 radical (unpaired) electrons. The van der Waals surface area contributed by atoms with E-state index in [1.54, 1.807) is 12.4 Å². The van der Waals surface area contributed by atoms with Crippen LogP contribution < -0.4 is 0 Å². The van der Waals surface area contributed by atoms with Crippen molar-refractivity contribution in [3.63, 3.8) is 0 Å². The number of nitrogens with zero attached hydrogens (tertiary/aromatic N) is 2. The van der Waals surface area contributed by atoms with Gasteiger partial charge in [0.1, 0.15) is 0 Å². The molecule has 0 aliphatic carbocycles. The zero-order valence-electron chi connectivity index (χ0n) is 8.27. The van der Waals surface area contributed by atoms with Crippen molar-refractivity contribution in [1.29, 1.82) is 0 Å². The van der Waals surface area contributed by atoms with E-state index in [1.165, 1.54) is 0 Å². The van der Waals surface area contributed by atoms with Gasteiger partial charge in [-0.15, -0.1) is 0 Å². The SMILES string of the molecule is CC(C)c1cc(-c2ccncc2)on1. The highest BCUT2D eigenvalue weighted by atomic mass is 16.5. The molecule has 0 aromatic carbocycles. The van der Waals surface area contributed by atoms with Crippen LogP contribution in [0.15, 0.2) is 35.1 Å². The third kappa shape index (κ3) is 1.66. The van der Waals surface area contributed by atoms with Gasteiger partial charge < -0.3 is 4.52 Å². The smallest absolute Gasteiger partial charge is 0.167 e. The second-order valence-corrected chi connectivity index (χ2v) is 3.51. The monoisotopic (exact) mass is 188 g/mol. The molecular weight excluding hydrogens is 176 g/mol. The van der Waals surface area contributed by atoms with Crippen LogP contribution in [0.25, 0.3) is 11.3 Å². The minimum Gasteiger partial charge on any atom is -0.356 e. The van der Waals surface area contributed by atoms with Crippen LogP contribution in [0.1, 0.15) is 25.5 Å². The molecule has 0 amide bonds. The lowest BCUT2D eigenvalue weighted by Crippen LogP contribution is -1.84. The van der Waals surface area contributed by atoms with Crippen LogP contribution in [0.5, 0.6) is 0 Å². The van der Waals surface area contributed by atoms with Crippen molar-refractivity contribution in [3.05, 3.63) is 36.3 Å². The van der Waals surface area contributed by atoms with Gasteiger partial charge in [0.2, 0.25) is 0 Å². The fourth-order valence-electron chi connectivity index (χ4n) is 1.21. The summed E-state index contributed by atoms with van der Waals surface area (Å²) in [6, 6.07) is 5.79. The topological polar surface area (TPSA) is 38.9 Å². The van der Waals surface area contributed by atoms with Gasteiger partial charge >= 0.3 is 0 Å². The molecule has 14 heavy (non-hydrogen) atoms. The molecule has 0 atom stereocenters. The summed E-state index contributed by atoms with van der Waals surface area (Å²) in [7, 11) is 0. The predicted molar refractivity (Wildman–Crippen MR) is 53.8 cm³/mol. The van der Waals surface area contributed by atoms with Crippen LogP contribution in [-0.4, -0.2) is 10.1 Å². The van der Waals surface area contributed by atoms with Gasteiger partial charge in [-0.25, -0.2) is 0 Å². The van der Waals surface area contributed by atoms with E-state index < -0.39 is 0 Å². The van der Waals surface area contributed by atoms with Gasteiger partial charge in [-0.3, -0.25) is 4.98 Å². The molecule has 72 valence electrons. The zero-order chi connectivity index (χ0) is 9.97. The van der Waals surface area contributed by atoms with Crippen molar-refractivity contribution in [2.75, 3.05) is 0 Å². The van der Waals surface area contributed by atoms with E-state index in [9.17, 15) is 0 Å². The highest BCUT2D eigenvalue weighted by molar-refractivity contribution is 5.56. The Labute approximate surface area is 82.8 Å². The van der Waals surface area contributed by atoms with Gasteiger partial charge in [-0.1, -0.05) is 19.0 Å². The quantitative estimate of drug-likeness (QED) is 0.727. The lowest BCUT2D eigenvalue weighted by Gasteiger charge is -1.93. The van der Waals surface area contributed by atoms with Crippen LogP contribution in [0.3, 0.4) is 0 Å². The first-order valence-electron chi connectivity index (χ1n) is 4.64. The van der Waals surface area contributed by atoms with Crippen LogP contribution >= 0.6 is 0 Å². The molecule has 0 saturated carbocycles. The summed E-state index contributed by atoms with van der Waals surface area (Å²) in [5.41, 5.74) is 2.00. The molecule has 2 rings (SSSR count). The second kappa shape index (κ2) is 3.62. The van der Waals surface area contributed by atoms with Crippen molar-refractivity contribution in [2.24, 2.45) is 0 Å². The van der Waals surface area contributed by atoms with Gasteiger partial charge in [0.15, 0.2) is 5.76 Å². The first-order valence-corrected chi connectivity index (χ1v) is 4.64. The number of hydrogen-bond acceptors (Lipinski definition) is 3. The fourth-order valence-corrected chi connectivity index (χ4v) is 1.21. The Hall–Kier alpha value is -1.64. The van der Waals surface area contributed by atoms with Crippen molar-refractivity contribution >= 4 is 0 Å². The molecule has 0 N–H and O–H groups in total. The largest absolute Gasteiger partial charge is 0.356 e. The third-order valence-electron chi connectivity index (χ3n) is 2.08. The standard InChI is InChI=1S/C11H12N2O/c1-8(2)10-7-11(14-13-10)9-3-5-12-6-4-9/h3-8H,1-2H3. The van der Waals surface area contributed by atoms with E-state index in [0.717, 1.165) is 17.0 Å². The van der Waals surface area contributed by atoms with E-state index in [2.05, 4.69) is 24.0 Å². The minimum atomic E-state index is 0.398. The van der Waals surface area contributed by atoms with Gasteiger partial charge in [-0.2, -0.15) is 0 Å². The Morgan fingerprint density at radius 2 is 1.93 bits per heavy atom. The second-order valence-electron chi connectivity index (χ2n) is 3.51. The summed E-state index contributed by atoms with van der Waals surface area (Å²) in [4.78, 5) is 3.95. The molecule has 2 aromatic heterocycles. The molecular formula is C11H12N2O. The van der Waals surface area contributed by atoms with Crippen LogP contribution in [0, 0.1) is 0 Å². The summed E-state index contributed by atoms with van der Waals surface area (Å²) >= 11 is 0. The summed E-state index contributed by atoms with van der Waals surface area (Å²) in [5, 5.41) is 4.00. The lowest BCUT2D eigenvalue weighted by molar-refractivity contribution is 0.420. The van der Waals surface area contributed by atoms with E-state index in [4.69, 9.17) is 4.52 Å². The summed E-state index contributed by atoms with van der Waals surface area (Å²) in [5.74, 6) is 1.20. The fraction of sp³-hybridized carbons (Fsp3) is 0.273. The first kappa shape index (κ1) is 8.94. The van der Waals surface area contributed by atoms with Crippen LogP contribution in [0.2, 0.25) is 0 Å². The van der Waals surface area contributed by atoms with Crippen molar-refractivity contribution < 1.29 is 4.52 Å². The zero-order valence-corrected chi connectivity index (χ0v) is 8.27. The average molecular weight is 188 g/mol. The van der Waals surface area contributed by atoms with Crippen LogP contribution in [-0.2, 0) is 0 Å². The summed E-state index contributed by atoms with van der Waals surface area (Å²) < 4.78 is 5.23. The molecule has 2 aromatic rings. The average Bonchev–Trinajstić information content (AvgIpc) is 2.68. The van der Waals surface area contributed by atoms with Gasteiger partial charge in [0.25, 0.3) is 0 Å². The molecule has 0 spiro atoms. The Bertz CT molecular complexity index is 406. The van der Waals surface area contributed by atoms with Gasteiger partial charge in [0.05, 0.1) is 5.69 Å². The lowest BCUT2D eigenvalue weighted by atomic mass is 10.1. The third-order valence-corrected chi connectivity index (χ3v) is 2.08. The molecule has 0 saturated heterocycles. The number of hydrogen-bond donors (Lipinski definition) is 0. The Balaban J connectivity index is 2.34. The van der Waals surface area contributed by atoms with E-state index >= 15 is 0 Å². The summed E-state index contributed by atoms with van der Waals surface area (Å²) in [6.45, 7) is 4.18. The van der Waals surface area contributed by atoms with E-state index in [-0.39, 0.29) is 0 Å².